The molecule has 0 spiro atoms. The monoisotopic (exact) mass is 430 g/mol. The quantitative estimate of drug-likeness (QED) is 0.569. The van der Waals surface area contributed by atoms with Gasteiger partial charge in [-0.2, -0.15) is 4.98 Å². The fourth-order valence-corrected chi connectivity index (χ4v) is 4.79. The van der Waals surface area contributed by atoms with E-state index in [0.29, 0.717) is 17.5 Å². The molecule has 29 heavy (non-hydrogen) atoms. The Balaban J connectivity index is 1.75. The molecule has 0 saturated heterocycles. The number of aromatic nitrogens is 3. The highest BCUT2D eigenvalue weighted by molar-refractivity contribution is 7.99. The Morgan fingerprint density at radius 1 is 1.31 bits per heavy atom. The van der Waals surface area contributed by atoms with Gasteiger partial charge in [0.1, 0.15) is 6.04 Å². The number of ether oxygens (including phenoxy) is 1. The lowest BCUT2D eigenvalue weighted by atomic mass is 9.81. The lowest BCUT2D eigenvalue weighted by Crippen LogP contribution is -2.33. The van der Waals surface area contributed by atoms with Crippen molar-refractivity contribution in [2.75, 3.05) is 24.4 Å². The first-order chi connectivity index (χ1) is 14.0. The molecule has 152 valence electrons. The van der Waals surface area contributed by atoms with Gasteiger partial charge in [-0.3, -0.25) is 9.59 Å². The molecule has 0 amide bonds. The third kappa shape index (κ3) is 3.93. The number of carbonyl (C=O) groups is 2. The number of hydrogen-bond donors (Lipinski definition) is 1. The third-order valence-electron chi connectivity index (χ3n) is 5.08. The van der Waals surface area contributed by atoms with Gasteiger partial charge in [0, 0.05) is 22.6 Å². The maximum absolute atomic E-state index is 13.0. The number of nitrogens with zero attached hydrogens (tertiary/aromatic N) is 3. The summed E-state index contributed by atoms with van der Waals surface area (Å²) in [5.41, 5.74) is 2.69. The maximum Gasteiger partial charge on any atom is 0.316 e. The zero-order valence-electron chi connectivity index (χ0n) is 16.5. The number of benzene rings is 1. The third-order valence-corrected chi connectivity index (χ3v) is 6.64. The van der Waals surface area contributed by atoms with Gasteiger partial charge in [0.2, 0.25) is 11.1 Å². The summed E-state index contributed by atoms with van der Waals surface area (Å²) in [6.45, 7) is 2.09. The summed E-state index contributed by atoms with van der Waals surface area (Å²) in [4.78, 5) is 30.2. The molecule has 4 rings (SSSR count). The number of thioether (sulfide) groups is 2. The van der Waals surface area contributed by atoms with E-state index in [2.05, 4.69) is 34.5 Å². The van der Waals surface area contributed by atoms with Crippen LogP contribution in [0.1, 0.15) is 31.4 Å². The van der Waals surface area contributed by atoms with Crippen LogP contribution in [0, 0.1) is 5.92 Å². The number of carbonyl (C=O) groups excluding carboxylic acids is 2. The topological polar surface area (TPSA) is 86.1 Å². The zero-order chi connectivity index (χ0) is 20.5. The van der Waals surface area contributed by atoms with Crippen molar-refractivity contribution in [3.63, 3.8) is 0 Å². The smallest absolute Gasteiger partial charge is 0.316 e. The summed E-state index contributed by atoms with van der Waals surface area (Å²) in [5, 5.41) is 8.40. The standard InChI is InChI=1S/C20H22N4O3S2/c1-11-8-14-17(15(25)9-11)18(12-4-6-13(28-3)7-5-12)24-19(21-14)22-20(23-24)29-10-16(26)27-2/h4-7,11,18H,8-10H2,1-3H3,(H,21,22,23). The average molecular weight is 431 g/mol. The number of fused-ring (bicyclic) bond motifs is 1. The van der Waals surface area contributed by atoms with Gasteiger partial charge >= 0.3 is 5.97 Å². The second kappa shape index (κ2) is 8.23. The van der Waals surface area contributed by atoms with E-state index in [9.17, 15) is 9.59 Å². The molecular formula is C20H22N4O3S2. The molecule has 1 aliphatic carbocycles. The first-order valence-corrected chi connectivity index (χ1v) is 11.5. The Morgan fingerprint density at radius 3 is 2.76 bits per heavy atom. The van der Waals surface area contributed by atoms with Crippen LogP contribution in [0.4, 0.5) is 5.95 Å². The van der Waals surface area contributed by atoms with E-state index in [1.165, 1.54) is 18.9 Å². The molecule has 0 radical (unpaired) electrons. The van der Waals surface area contributed by atoms with E-state index in [-0.39, 0.29) is 29.5 Å². The number of allylic oxidation sites excluding steroid dienone is 2. The lowest BCUT2D eigenvalue weighted by molar-refractivity contribution is -0.137. The molecular weight excluding hydrogens is 408 g/mol. The van der Waals surface area contributed by atoms with E-state index >= 15 is 0 Å². The fourth-order valence-electron chi connectivity index (χ4n) is 3.73. The molecule has 0 bridgehead atoms. The molecule has 1 aromatic carbocycles. The van der Waals surface area contributed by atoms with Crippen LogP contribution in [-0.4, -0.2) is 45.6 Å². The van der Waals surface area contributed by atoms with E-state index in [1.807, 2.05) is 18.4 Å². The Morgan fingerprint density at radius 2 is 2.07 bits per heavy atom. The SMILES string of the molecule is COC(=O)CSc1nc2n(n1)C(c1ccc(SC)cc1)C1=C(CC(C)CC1=O)N2. The molecule has 0 saturated carbocycles. The normalized spacial score (nSPS) is 20.7. The molecule has 7 nitrogen and oxygen atoms in total. The highest BCUT2D eigenvalue weighted by atomic mass is 32.2. The van der Waals surface area contributed by atoms with Crippen molar-refractivity contribution in [2.24, 2.45) is 5.92 Å². The van der Waals surface area contributed by atoms with Crippen molar-refractivity contribution in [1.82, 2.24) is 14.8 Å². The highest BCUT2D eigenvalue weighted by Gasteiger charge is 2.38. The van der Waals surface area contributed by atoms with Gasteiger partial charge in [-0.05, 0) is 36.3 Å². The first kappa shape index (κ1) is 20.0. The van der Waals surface area contributed by atoms with E-state index in [0.717, 1.165) is 28.1 Å². The van der Waals surface area contributed by atoms with E-state index in [4.69, 9.17) is 4.74 Å². The van der Waals surface area contributed by atoms with E-state index in [1.54, 1.807) is 16.4 Å². The van der Waals surface area contributed by atoms with E-state index < -0.39 is 0 Å². The number of esters is 1. The second-order valence-electron chi connectivity index (χ2n) is 7.16. The minimum atomic E-state index is -0.332. The molecule has 2 aromatic rings. The number of anilines is 1. The number of ketones is 1. The molecule has 2 aliphatic rings. The lowest BCUT2D eigenvalue weighted by Gasteiger charge is -2.34. The van der Waals surface area contributed by atoms with Crippen molar-refractivity contribution in [3.05, 3.63) is 41.1 Å². The summed E-state index contributed by atoms with van der Waals surface area (Å²) in [6, 6.07) is 7.88. The van der Waals surface area contributed by atoms with Crippen molar-refractivity contribution in [3.8, 4) is 0 Å². The number of hydrogen-bond acceptors (Lipinski definition) is 8. The number of methoxy groups -OCH3 is 1. The minimum absolute atomic E-state index is 0.135. The second-order valence-corrected chi connectivity index (χ2v) is 8.98. The van der Waals surface area contributed by atoms with Gasteiger partial charge < -0.3 is 10.1 Å². The predicted octanol–water partition coefficient (Wildman–Crippen LogP) is 3.53. The summed E-state index contributed by atoms with van der Waals surface area (Å²) in [7, 11) is 1.36. The van der Waals surface area contributed by atoms with Gasteiger partial charge in [-0.1, -0.05) is 30.8 Å². The molecule has 1 aromatic heterocycles. The molecule has 2 unspecified atom stereocenters. The fraction of sp³-hybridized carbons (Fsp3) is 0.400. The van der Waals surface area contributed by atoms with Crippen LogP contribution in [0.5, 0.6) is 0 Å². The number of rotatable bonds is 5. The zero-order valence-corrected chi connectivity index (χ0v) is 18.1. The van der Waals surface area contributed by atoms with Crippen LogP contribution in [-0.2, 0) is 14.3 Å². The van der Waals surface area contributed by atoms with Gasteiger partial charge in [0.15, 0.2) is 5.78 Å². The van der Waals surface area contributed by atoms with Gasteiger partial charge in [0.05, 0.1) is 12.9 Å². The number of nitrogens with one attached hydrogen (secondary N) is 1. The van der Waals surface area contributed by atoms with Crippen LogP contribution in [0.2, 0.25) is 0 Å². The van der Waals surface area contributed by atoms with Crippen LogP contribution in [0.3, 0.4) is 0 Å². The van der Waals surface area contributed by atoms with Crippen molar-refractivity contribution in [1.29, 1.82) is 0 Å². The summed E-state index contributed by atoms with van der Waals surface area (Å²) >= 11 is 2.90. The van der Waals surface area contributed by atoms with Gasteiger partial charge in [-0.25, -0.2) is 4.68 Å². The average Bonchev–Trinajstić information content (AvgIpc) is 3.12. The molecule has 1 aliphatic heterocycles. The Labute approximate surface area is 177 Å². The molecule has 2 atom stereocenters. The number of Topliss-reactive ketones (excluding diaryl/α,β-unsaturated/α-hetero) is 1. The largest absolute Gasteiger partial charge is 0.468 e. The highest BCUT2D eigenvalue weighted by Crippen LogP contribution is 2.42. The molecule has 1 N–H and O–H groups in total. The maximum atomic E-state index is 13.0. The Kier molecular flexibility index (Phi) is 5.69. The molecule has 2 heterocycles. The molecule has 9 heteroatoms. The van der Waals surface area contributed by atoms with Crippen LogP contribution in [0.25, 0.3) is 0 Å². The molecule has 0 fully saturated rings. The van der Waals surface area contributed by atoms with Crippen molar-refractivity contribution < 1.29 is 14.3 Å². The van der Waals surface area contributed by atoms with Crippen LogP contribution < -0.4 is 5.32 Å². The van der Waals surface area contributed by atoms with Crippen molar-refractivity contribution in [2.45, 2.75) is 35.9 Å². The summed E-state index contributed by atoms with van der Waals surface area (Å²) in [5.74, 6) is 0.834. The predicted molar refractivity (Wildman–Crippen MR) is 113 cm³/mol. The first-order valence-electron chi connectivity index (χ1n) is 9.33. The van der Waals surface area contributed by atoms with Gasteiger partial charge in [-0.15, -0.1) is 16.9 Å². The Hall–Kier alpha value is -2.26. The summed E-state index contributed by atoms with van der Waals surface area (Å²) in [6.07, 6.45) is 3.37. The van der Waals surface area contributed by atoms with Crippen LogP contribution in [0.15, 0.2) is 45.6 Å². The summed E-state index contributed by atoms with van der Waals surface area (Å²) < 4.78 is 6.46. The van der Waals surface area contributed by atoms with Crippen molar-refractivity contribution >= 4 is 41.2 Å². The van der Waals surface area contributed by atoms with Gasteiger partial charge in [0.25, 0.3) is 0 Å². The van der Waals surface area contributed by atoms with Crippen LogP contribution >= 0.6 is 23.5 Å². The minimum Gasteiger partial charge on any atom is -0.468 e. The Bertz CT molecular complexity index is 984.